The molecule has 3 rings (SSSR count). The molecule has 1 saturated heterocycles. The molecule has 25 heavy (non-hydrogen) atoms. The Kier molecular flexibility index (Phi) is 5.32. The number of nitrogens with zero attached hydrogens (tertiary/aromatic N) is 4. The van der Waals surface area contributed by atoms with Crippen molar-refractivity contribution in [3.05, 3.63) is 48.5 Å². The number of aryl methyl sites for hydroxylation is 1. The number of hydrogen-bond acceptors (Lipinski definition) is 5. The maximum Gasteiger partial charge on any atom is 0.317 e. The summed E-state index contributed by atoms with van der Waals surface area (Å²) in [6.45, 7) is 1.09. The van der Waals surface area contributed by atoms with Crippen LogP contribution >= 0.6 is 0 Å². The molecule has 1 aromatic carbocycles. The van der Waals surface area contributed by atoms with Gasteiger partial charge in [-0.3, -0.25) is 4.68 Å². The molecule has 0 spiro atoms. The van der Waals surface area contributed by atoms with Crippen molar-refractivity contribution in [1.29, 1.82) is 0 Å². The molecule has 0 bridgehead atoms. The lowest BCUT2D eigenvalue weighted by Crippen LogP contribution is -2.49. The van der Waals surface area contributed by atoms with Crippen molar-refractivity contribution in [2.45, 2.75) is 19.0 Å². The molecule has 134 valence electrons. The average molecular weight is 363 g/mol. The van der Waals surface area contributed by atoms with Crippen molar-refractivity contribution < 1.29 is 13.2 Å². The van der Waals surface area contributed by atoms with Crippen LogP contribution in [0.2, 0.25) is 0 Å². The van der Waals surface area contributed by atoms with Crippen LogP contribution in [0.5, 0.6) is 0 Å². The van der Waals surface area contributed by atoms with Crippen molar-refractivity contribution in [3.8, 4) is 0 Å². The van der Waals surface area contributed by atoms with E-state index in [9.17, 15) is 13.2 Å². The van der Waals surface area contributed by atoms with Crippen LogP contribution in [-0.2, 0) is 16.4 Å². The van der Waals surface area contributed by atoms with Crippen LogP contribution in [0.4, 0.5) is 4.79 Å². The van der Waals surface area contributed by atoms with Crippen molar-refractivity contribution in [2.24, 2.45) is 0 Å². The van der Waals surface area contributed by atoms with Crippen molar-refractivity contribution in [3.63, 3.8) is 0 Å². The summed E-state index contributed by atoms with van der Waals surface area (Å²) in [5.41, 5.74) is 1.00. The number of aromatic nitrogens is 3. The summed E-state index contributed by atoms with van der Waals surface area (Å²) in [6.07, 6.45) is 3.77. The van der Waals surface area contributed by atoms with Gasteiger partial charge in [-0.15, -0.1) is 0 Å². The van der Waals surface area contributed by atoms with E-state index in [1.54, 1.807) is 15.9 Å². The Bertz CT molecular complexity index is 778. The number of amides is 2. The van der Waals surface area contributed by atoms with Crippen LogP contribution in [-0.4, -0.2) is 58.7 Å². The Labute approximate surface area is 146 Å². The van der Waals surface area contributed by atoms with Gasteiger partial charge >= 0.3 is 6.03 Å². The van der Waals surface area contributed by atoms with Gasteiger partial charge in [-0.2, -0.15) is 5.10 Å². The average Bonchev–Trinajstić information content (AvgIpc) is 3.12. The fraction of sp³-hybridized carbons (Fsp3) is 0.438. The second kappa shape index (κ2) is 7.64. The van der Waals surface area contributed by atoms with Gasteiger partial charge in [0.2, 0.25) is 0 Å². The van der Waals surface area contributed by atoms with E-state index in [2.05, 4.69) is 15.4 Å². The van der Waals surface area contributed by atoms with E-state index in [1.165, 1.54) is 6.33 Å². The molecular formula is C16H21N5O3S. The number of carbonyl (C=O) groups excluding carboxylic acids is 1. The highest BCUT2D eigenvalue weighted by molar-refractivity contribution is 7.91. The van der Waals surface area contributed by atoms with Crippen LogP contribution in [0.1, 0.15) is 18.0 Å². The first-order chi connectivity index (χ1) is 12.0. The molecule has 2 aromatic rings. The zero-order valence-electron chi connectivity index (χ0n) is 13.8. The number of rotatable bonds is 5. The largest absolute Gasteiger partial charge is 0.331 e. The van der Waals surface area contributed by atoms with E-state index in [1.807, 2.05) is 30.3 Å². The summed E-state index contributed by atoms with van der Waals surface area (Å²) in [4.78, 5) is 18.0. The number of benzene rings is 1. The van der Waals surface area contributed by atoms with E-state index in [0.717, 1.165) is 5.56 Å². The highest BCUT2D eigenvalue weighted by atomic mass is 32.2. The summed E-state index contributed by atoms with van der Waals surface area (Å²) < 4.78 is 24.8. The van der Waals surface area contributed by atoms with E-state index in [4.69, 9.17) is 0 Å². The number of hydrogen-bond donors (Lipinski definition) is 1. The number of carbonyl (C=O) groups is 1. The first-order valence-electron chi connectivity index (χ1n) is 8.17. The lowest BCUT2D eigenvalue weighted by Gasteiger charge is -2.29. The topological polar surface area (TPSA) is 97.2 Å². The van der Waals surface area contributed by atoms with E-state index >= 15 is 0 Å². The standard InChI is InChI=1S/C16H21N5O3S/c22-16(20-8-10-25(23,24)11-9-20)19-15(14-4-2-1-3-5-14)6-7-21-13-17-12-18-21/h1-5,12-13,15H,6-11H2,(H,19,22)/t15-/m1/s1. The molecule has 1 atom stereocenters. The van der Waals surface area contributed by atoms with E-state index in [-0.39, 0.29) is 36.7 Å². The second-order valence-electron chi connectivity index (χ2n) is 6.00. The Hall–Kier alpha value is -2.42. The van der Waals surface area contributed by atoms with Crippen LogP contribution in [0.3, 0.4) is 0 Å². The minimum atomic E-state index is -3.01. The third-order valence-corrected chi connectivity index (χ3v) is 5.85. The molecule has 1 N–H and O–H groups in total. The SMILES string of the molecule is O=C(N[C@H](CCn1cncn1)c1ccccc1)N1CCS(=O)(=O)CC1. The van der Waals surface area contributed by atoms with Gasteiger partial charge in [-0.05, 0) is 12.0 Å². The summed E-state index contributed by atoms with van der Waals surface area (Å²) in [7, 11) is -3.01. The first kappa shape index (κ1) is 17.4. The van der Waals surface area contributed by atoms with Gasteiger partial charge in [-0.25, -0.2) is 18.2 Å². The van der Waals surface area contributed by atoms with Gasteiger partial charge in [0, 0.05) is 19.6 Å². The van der Waals surface area contributed by atoms with Crippen LogP contribution in [0, 0.1) is 0 Å². The number of sulfone groups is 1. The lowest BCUT2D eigenvalue weighted by molar-refractivity contribution is 0.196. The second-order valence-corrected chi connectivity index (χ2v) is 8.30. The lowest BCUT2D eigenvalue weighted by atomic mass is 10.0. The van der Waals surface area contributed by atoms with Gasteiger partial charge in [0.1, 0.15) is 12.7 Å². The maximum atomic E-state index is 12.5. The fourth-order valence-corrected chi connectivity index (χ4v) is 3.97. The van der Waals surface area contributed by atoms with Crippen molar-refractivity contribution in [1.82, 2.24) is 25.0 Å². The van der Waals surface area contributed by atoms with Gasteiger partial charge < -0.3 is 10.2 Å². The highest BCUT2D eigenvalue weighted by Crippen LogP contribution is 2.18. The summed E-state index contributed by atoms with van der Waals surface area (Å²) in [5, 5.41) is 7.11. The molecule has 8 nitrogen and oxygen atoms in total. The van der Waals surface area contributed by atoms with E-state index < -0.39 is 9.84 Å². The Morgan fingerprint density at radius 2 is 1.92 bits per heavy atom. The highest BCUT2D eigenvalue weighted by Gasteiger charge is 2.26. The zero-order valence-corrected chi connectivity index (χ0v) is 14.6. The Balaban J connectivity index is 1.65. The Morgan fingerprint density at radius 3 is 2.56 bits per heavy atom. The predicted molar refractivity (Wildman–Crippen MR) is 92.6 cm³/mol. The molecule has 1 aliphatic heterocycles. The third-order valence-electron chi connectivity index (χ3n) is 4.24. The summed E-state index contributed by atoms with van der Waals surface area (Å²) in [6, 6.07) is 9.29. The monoisotopic (exact) mass is 363 g/mol. The zero-order chi connectivity index (χ0) is 17.7. The molecule has 1 fully saturated rings. The van der Waals surface area contributed by atoms with Gasteiger partial charge in [0.15, 0.2) is 9.84 Å². The number of urea groups is 1. The summed E-state index contributed by atoms with van der Waals surface area (Å²) >= 11 is 0. The molecule has 0 unspecified atom stereocenters. The minimum absolute atomic E-state index is 0.0232. The third kappa shape index (κ3) is 4.79. The van der Waals surface area contributed by atoms with Crippen LogP contribution < -0.4 is 5.32 Å². The Morgan fingerprint density at radius 1 is 1.20 bits per heavy atom. The smallest absolute Gasteiger partial charge is 0.317 e. The van der Waals surface area contributed by atoms with Gasteiger partial charge in [0.05, 0.1) is 17.5 Å². The molecule has 2 heterocycles. The fourth-order valence-electron chi connectivity index (χ4n) is 2.77. The first-order valence-corrected chi connectivity index (χ1v) is 9.99. The molecule has 1 aromatic heterocycles. The predicted octanol–water partition coefficient (Wildman–Crippen LogP) is 0.850. The molecule has 1 aliphatic rings. The van der Waals surface area contributed by atoms with Crippen LogP contribution in [0.25, 0.3) is 0 Å². The normalized spacial score (nSPS) is 17.8. The molecule has 9 heteroatoms. The molecular weight excluding hydrogens is 342 g/mol. The minimum Gasteiger partial charge on any atom is -0.331 e. The summed E-state index contributed by atoms with van der Waals surface area (Å²) in [5.74, 6) is 0.0464. The number of nitrogens with one attached hydrogen (secondary N) is 1. The molecule has 2 amide bonds. The molecule has 0 saturated carbocycles. The van der Waals surface area contributed by atoms with E-state index in [0.29, 0.717) is 13.0 Å². The van der Waals surface area contributed by atoms with Crippen LogP contribution in [0.15, 0.2) is 43.0 Å². The maximum absolute atomic E-state index is 12.5. The molecule has 0 radical (unpaired) electrons. The van der Waals surface area contributed by atoms with Gasteiger partial charge in [-0.1, -0.05) is 30.3 Å². The van der Waals surface area contributed by atoms with Gasteiger partial charge in [0.25, 0.3) is 0 Å². The van der Waals surface area contributed by atoms with Crippen molar-refractivity contribution in [2.75, 3.05) is 24.6 Å². The quantitative estimate of drug-likeness (QED) is 0.849. The molecule has 0 aliphatic carbocycles. The van der Waals surface area contributed by atoms with Crippen molar-refractivity contribution >= 4 is 15.9 Å².